The second kappa shape index (κ2) is 7.59. The van der Waals surface area contributed by atoms with Crippen LogP contribution in [0, 0.1) is 5.41 Å². The van der Waals surface area contributed by atoms with Gasteiger partial charge in [-0.2, -0.15) is 0 Å². The van der Waals surface area contributed by atoms with Gasteiger partial charge in [0.1, 0.15) is 5.41 Å². The van der Waals surface area contributed by atoms with Crippen molar-refractivity contribution in [3.05, 3.63) is 35.9 Å². The van der Waals surface area contributed by atoms with Crippen molar-refractivity contribution in [2.24, 2.45) is 5.41 Å². The maximum Gasteiger partial charge on any atom is 0.313 e. The number of carbonyl (C=O) groups excluding carboxylic acids is 1. The fourth-order valence-corrected chi connectivity index (χ4v) is 3.16. The molecule has 0 aromatic heterocycles. The number of rotatable bonds is 7. The number of carboxylic acid groups (broad SMARTS) is 1. The van der Waals surface area contributed by atoms with Crippen LogP contribution in [-0.4, -0.2) is 48.7 Å². The van der Waals surface area contributed by atoms with Crippen molar-refractivity contribution < 1.29 is 19.4 Å². The Morgan fingerprint density at radius 3 is 2.65 bits per heavy atom. The van der Waals surface area contributed by atoms with Crippen LogP contribution in [0.4, 0.5) is 0 Å². The van der Waals surface area contributed by atoms with Crippen molar-refractivity contribution in [2.75, 3.05) is 26.8 Å². The predicted molar refractivity (Wildman–Crippen MR) is 87.2 cm³/mol. The number of likely N-dealkylation sites (tertiary alicyclic amines) is 1. The summed E-state index contributed by atoms with van der Waals surface area (Å²) in [4.78, 5) is 25.6. The third-order valence-electron chi connectivity index (χ3n) is 4.74. The molecule has 2 unspecified atom stereocenters. The van der Waals surface area contributed by atoms with Crippen LogP contribution in [0.5, 0.6) is 0 Å². The zero-order chi connectivity index (χ0) is 16.9. The van der Waals surface area contributed by atoms with Crippen molar-refractivity contribution in [3.8, 4) is 0 Å². The highest BCUT2D eigenvalue weighted by Crippen LogP contribution is 2.32. The molecule has 23 heavy (non-hydrogen) atoms. The molecule has 2 atom stereocenters. The van der Waals surface area contributed by atoms with Crippen LogP contribution in [0.25, 0.3) is 0 Å². The number of benzene rings is 1. The van der Waals surface area contributed by atoms with Gasteiger partial charge in [-0.25, -0.2) is 0 Å². The van der Waals surface area contributed by atoms with E-state index in [0.717, 1.165) is 6.42 Å². The summed E-state index contributed by atoms with van der Waals surface area (Å²) in [5.41, 5.74) is 0.274. The highest BCUT2D eigenvalue weighted by molar-refractivity contribution is 5.80. The highest BCUT2D eigenvalue weighted by Gasteiger charge is 2.46. The third kappa shape index (κ3) is 4.10. The van der Waals surface area contributed by atoms with Crippen LogP contribution in [0.3, 0.4) is 0 Å². The Labute approximate surface area is 137 Å². The summed E-state index contributed by atoms with van der Waals surface area (Å²) in [6, 6.07) is 10.1. The van der Waals surface area contributed by atoms with Crippen molar-refractivity contribution in [3.63, 3.8) is 0 Å². The number of hydrogen-bond donors (Lipinski definition) is 1. The molecule has 0 radical (unpaired) electrons. The topological polar surface area (TPSA) is 66.8 Å². The molecule has 1 aliphatic heterocycles. The molecule has 1 heterocycles. The van der Waals surface area contributed by atoms with Gasteiger partial charge in [-0.1, -0.05) is 37.3 Å². The number of ether oxygens (including phenoxy) is 1. The summed E-state index contributed by atoms with van der Waals surface area (Å²) >= 11 is 0. The summed E-state index contributed by atoms with van der Waals surface area (Å²) in [7, 11) is 1.50. The van der Waals surface area contributed by atoms with E-state index >= 15 is 0 Å². The molecular weight excluding hydrogens is 294 g/mol. The van der Waals surface area contributed by atoms with Crippen LogP contribution >= 0.6 is 0 Å². The first kappa shape index (κ1) is 17.5. The lowest BCUT2D eigenvalue weighted by atomic mass is 9.88. The predicted octanol–water partition coefficient (Wildman–Crippen LogP) is 2.52. The Balaban J connectivity index is 1.88. The maximum absolute atomic E-state index is 12.4. The number of hydrogen-bond acceptors (Lipinski definition) is 3. The second-order valence-electron chi connectivity index (χ2n) is 6.43. The van der Waals surface area contributed by atoms with Crippen LogP contribution in [0.15, 0.2) is 30.3 Å². The van der Waals surface area contributed by atoms with Crippen LogP contribution in [0.2, 0.25) is 0 Å². The first-order chi connectivity index (χ1) is 11.0. The van der Waals surface area contributed by atoms with Crippen LogP contribution in [0.1, 0.15) is 37.7 Å². The van der Waals surface area contributed by atoms with Crippen molar-refractivity contribution in [1.82, 2.24) is 4.90 Å². The van der Waals surface area contributed by atoms with Crippen LogP contribution < -0.4 is 0 Å². The average molecular weight is 319 g/mol. The fourth-order valence-electron chi connectivity index (χ4n) is 3.16. The number of carboxylic acids is 1. The van der Waals surface area contributed by atoms with Gasteiger partial charge in [-0.05, 0) is 24.3 Å². The molecule has 1 saturated heterocycles. The van der Waals surface area contributed by atoms with E-state index in [4.69, 9.17) is 4.74 Å². The molecule has 5 nitrogen and oxygen atoms in total. The van der Waals surface area contributed by atoms with E-state index in [2.05, 4.69) is 19.1 Å². The van der Waals surface area contributed by atoms with Gasteiger partial charge in [0.2, 0.25) is 5.91 Å². The molecule has 0 saturated carbocycles. The Kier molecular flexibility index (Phi) is 5.77. The van der Waals surface area contributed by atoms with Gasteiger partial charge in [0.05, 0.1) is 6.61 Å². The standard InChI is InChI=1S/C18H25NO4/c1-14(15-6-4-3-5-7-15)8-9-16(20)19-11-10-18(12-19,13-23-2)17(21)22/h3-7,14H,8-13H2,1-2H3,(H,21,22). The number of nitrogens with zero attached hydrogens (tertiary/aromatic N) is 1. The van der Waals surface area contributed by atoms with Crippen molar-refractivity contribution in [1.29, 1.82) is 0 Å². The molecule has 126 valence electrons. The molecular formula is C18H25NO4. The number of aliphatic carboxylic acids is 1. The summed E-state index contributed by atoms with van der Waals surface area (Å²) in [6.45, 7) is 2.99. The third-order valence-corrected chi connectivity index (χ3v) is 4.74. The summed E-state index contributed by atoms with van der Waals surface area (Å²) in [5.74, 6) is -0.537. The molecule has 0 aliphatic carbocycles. The largest absolute Gasteiger partial charge is 0.481 e. The lowest BCUT2D eigenvalue weighted by molar-refractivity contribution is -0.151. The van der Waals surface area contributed by atoms with E-state index in [-0.39, 0.29) is 19.1 Å². The summed E-state index contributed by atoms with van der Waals surface area (Å²) < 4.78 is 5.06. The minimum absolute atomic E-state index is 0.0343. The minimum Gasteiger partial charge on any atom is -0.481 e. The first-order valence-corrected chi connectivity index (χ1v) is 8.03. The monoisotopic (exact) mass is 319 g/mol. The zero-order valence-electron chi connectivity index (χ0n) is 13.8. The van der Waals surface area contributed by atoms with E-state index in [9.17, 15) is 14.7 Å². The van der Waals surface area contributed by atoms with E-state index in [0.29, 0.717) is 25.3 Å². The molecule has 5 heteroatoms. The Morgan fingerprint density at radius 2 is 2.04 bits per heavy atom. The number of carbonyl (C=O) groups is 2. The van der Waals surface area contributed by atoms with Gasteiger partial charge >= 0.3 is 5.97 Å². The Hall–Kier alpha value is -1.88. The smallest absolute Gasteiger partial charge is 0.313 e. The minimum atomic E-state index is -0.949. The summed E-state index contributed by atoms with van der Waals surface area (Å²) in [6.07, 6.45) is 1.67. The molecule has 1 amide bonds. The number of amides is 1. The average Bonchev–Trinajstić information content (AvgIpc) is 2.99. The Morgan fingerprint density at radius 1 is 1.35 bits per heavy atom. The molecule has 1 aromatic rings. The fraction of sp³-hybridized carbons (Fsp3) is 0.556. The lowest BCUT2D eigenvalue weighted by Crippen LogP contribution is -2.40. The van der Waals surface area contributed by atoms with Gasteiger partial charge in [0.15, 0.2) is 0 Å². The SMILES string of the molecule is COCC1(C(=O)O)CCN(C(=O)CCC(C)c2ccccc2)C1. The lowest BCUT2D eigenvalue weighted by Gasteiger charge is -2.24. The van der Waals surface area contributed by atoms with E-state index in [1.165, 1.54) is 12.7 Å². The molecule has 1 fully saturated rings. The second-order valence-corrected chi connectivity index (χ2v) is 6.43. The van der Waals surface area contributed by atoms with Crippen molar-refractivity contribution >= 4 is 11.9 Å². The molecule has 1 aromatic carbocycles. The molecule has 0 bridgehead atoms. The van der Waals surface area contributed by atoms with Gasteiger partial charge < -0.3 is 14.7 Å². The van der Waals surface area contributed by atoms with Gasteiger partial charge in [0, 0.05) is 26.6 Å². The molecule has 1 aliphatic rings. The van der Waals surface area contributed by atoms with Gasteiger partial charge in [0.25, 0.3) is 0 Å². The van der Waals surface area contributed by atoms with Gasteiger partial charge in [-0.15, -0.1) is 0 Å². The maximum atomic E-state index is 12.4. The normalized spacial score (nSPS) is 22.1. The van der Waals surface area contributed by atoms with E-state index in [1.54, 1.807) is 4.90 Å². The van der Waals surface area contributed by atoms with Crippen LogP contribution in [-0.2, 0) is 14.3 Å². The quantitative estimate of drug-likeness (QED) is 0.838. The van der Waals surface area contributed by atoms with E-state index in [1.807, 2.05) is 18.2 Å². The zero-order valence-corrected chi connectivity index (χ0v) is 13.8. The number of methoxy groups -OCH3 is 1. The highest BCUT2D eigenvalue weighted by atomic mass is 16.5. The van der Waals surface area contributed by atoms with Crippen molar-refractivity contribution in [2.45, 2.75) is 32.1 Å². The Bertz CT molecular complexity index is 545. The van der Waals surface area contributed by atoms with Gasteiger partial charge in [-0.3, -0.25) is 9.59 Å². The summed E-state index contributed by atoms with van der Waals surface area (Å²) in [5, 5.41) is 9.44. The molecule has 0 spiro atoms. The van der Waals surface area contributed by atoms with E-state index < -0.39 is 11.4 Å². The molecule has 2 rings (SSSR count). The molecule has 1 N–H and O–H groups in total. The first-order valence-electron chi connectivity index (χ1n) is 8.03.